The zero-order valence-corrected chi connectivity index (χ0v) is 9.95. The Balaban J connectivity index is 2.35. The normalized spacial score (nSPS) is 19.5. The Kier molecular flexibility index (Phi) is 2.97. The lowest BCUT2D eigenvalue weighted by molar-refractivity contribution is 0.0390. The highest BCUT2D eigenvalue weighted by molar-refractivity contribution is 6.03. The fourth-order valence-corrected chi connectivity index (χ4v) is 2.31. The van der Waals surface area contributed by atoms with Crippen LogP contribution >= 0.6 is 0 Å². The molecule has 0 saturated carbocycles. The van der Waals surface area contributed by atoms with Gasteiger partial charge in [0.25, 0.3) is 0 Å². The van der Waals surface area contributed by atoms with Crippen molar-refractivity contribution in [1.82, 2.24) is 0 Å². The molecule has 1 aromatic rings. The number of hydrogen-bond donors (Lipinski definition) is 1. The molecule has 0 saturated heterocycles. The van der Waals surface area contributed by atoms with Crippen molar-refractivity contribution in [3.8, 4) is 0 Å². The van der Waals surface area contributed by atoms with Gasteiger partial charge in [0.2, 0.25) is 0 Å². The van der Waals surface area contributed by atoms with Crippen molar-refractivity contribution in [2.75, 3.05) is 6.61 Å². The fraction of sp³-hybridized carbons (Fsp3) is 0.462. The molecule has 0 aliphatic carbocycles. The van der Waals surface area contributed by atoms with Crippen molar-refractivity contribution >= 4 is 5.71 Å². The molecule has 1 heterocycles. The topological polar surface area (TPSA) is 41.8 Å². The van der Waals surface area contributed by atoms with Crippen molar-refractivity contribution in [2.24, 2.45) is 5.16 Å². The van der Waals surface area contributed by atoms with Crippen LogP contribution in [0.15, 0.2) is 17.3 Å². The van der Waals surface area contributed by atoms with Crippen LogP contribution in [0.25, 0.3) is 0 Å². The second kappa shape index (κ2) is 4.26. The summed E-state index contributed by atoms with van der Waals surface area (Å²) >= 11 is 0. The largest absolute Gasteiger partial charge is 0.392 e. The number of benzene rings is 1. The first-order valence-corrected chi connectivity index (χ1v) is 5.53. The molecule has 1 N–H and O–H groups in total. The number of aliphatic hydroxyl groups excluding tert-OH is 1. The van der Waals surface area contributed by atoms with E-state index in [2.05, 4.69) is 38.1 Å². The highest BCUT2D eigenvalue weighted by Gasteiger charge is 2.23. The predicted molar refractivity (Wildman–Crippen MR) is 63.8 cm³/mol. The quantitative estimate of drug-likeness (QED) is 0.827. The number of hydrogen-bond acceptors (Lipinski definition) is 3. The van der Waals surface area contributed by atoms with Crippen molar-refractivity contribution in [1.29, 1.82) is 0 Å². The summed E-state index contributed by atoms with van der Waals surface area (Å²) in [5, 5.41) is 13.1. The van der Waals surface area contributed by atoms with Crippen LogP contribution in [-0.2, 0) is 4.84 Å². The molecule has 86 valence electrons. The van der Waals surface area contributed by atoms with Gasteiger partial charge in [0.1, 0.15) is 0 Å². The first kappa shape index (κ1) is 11.1. The summed E-state index contributed by atoms with van der Waals surface area (Å²) in [5.74, 6) is 0. The average molecular weight is 219 g/mol. The zero-order valence-electron chi connectivity index (χ0n) is 9.95. The minimum atomic E-state index is -0.171. The van der Waals surface area contributed by atoms with Gasteiger partial charge in [-0.05, 0) is 31.9 Å². The minimum absolute atomic E-state index is 0.0248. The van der Waals surface area contributed by atoms with Crippen LogP contribution in [0.5, 0.6) is 0 Å². The molecule has 0 spiro atoms. The Morgan fingerprint density at radius 1 is 1.31 bits per heavy atom. The van der Waals surface area contributed by atoms with Crippen molar-refractivity contribution in [3.63, 3.8) is 0 Å². The molecular weight excluding hydrogens is 202 g/mol. The highest BCUT2D eigenvalue weighted by atomic mass is 16.6. The molecule has 0 aromatic heterocycles. The van der Waals surface area contributed by atoms with Crippen molar-refractivity contribution in [3.05, 3.63) is 34.4 Å². The Morgan fingerprint density at radius 2 is 1.94 bits per heavy atom. The van der Waals surface area contributed by atoms with Crippen LogP contribution < -0.4 is 0 Å². The first-order valence-electron chi connectivity index (χ1n) is 5.53. The third-order valence-electron chi connectivity index (χ3n) is 2.90. The Hall–Kier alpha value is -1.35. The maximum Gasteiger partial charge on any atom is 0.156 e. The summed E-state index contributed by atoms with van der Waals surface area (Å²) in [6, 6.07) is 4.30. The van der Waals surface area contributed by atoms with Crippen LogP contribution in [0.4, 0.5) is 0 Å². The zero-order chi connectivity index (χ0) is 11.7. The molecule has 0 amide bonds. The summed E-state index contributed by atoms with van der Waals surface area (Å²) < 4.78 is 0. The van der Waals surface area contributed by atoms with Gasteiger partial charge in [-0.1, -0.05) is 22.9 Å². The van der Waals surface area contributed by atoms with Gasteiger partial charge in [0.05, 0.1) is 12.3 Å². The van der Waals surface area contributed by atoms with E-state index in [4.69, 9.17) is 9.94 Å². The summed E-state index contributed by atoms with van der Waals surface area (Å²) in [7, 11) is 0. The van der Waals surface area contributed by atoms with Gasteiger partial charge in [-0.25, -0.2) is 0 Å². The molecule has 1 atom stereocenters. The van der Waals surface area contributed by atoms with Crippen molar-refractivity contribution < 1.29 is 9.94 Å². The van der Waals surface area contributed by atoms with E-state index in [0.717, 1.165) is 5.71 Å². The van der Waals surface area contributed by atoms with Crippen LogP contribution in [0.3, 0.4) is 0 Å². The lowest BCUT2D eigenvalue weighted by Crippen LogP contribution is -2.14. The lowest BCUT2D eigenvalue weighted by atomic mass is 9.94. The molecular formula is C13H17NO2. The molecule has 3 nitrogen and oxygen atoms in total. The monoisotopic (exact) mass is 219 g/mol. The molecule has 16 heavy (non-hydrogen) atoms. The van der Waals surface area contributed by atoms with Gasteiger partial charge in [-0.2, -0.15) is 0 Å². The SMILES string of the molecule is Cc1cc(C)c(C2=NOC(CO)C2)c(C)c1. The van der Waals surface area contributed by atoms with Crippen molar-refractivity contribution in [2.45, 2.75) is 33.3 Å². The third kappa shape index (κ3) is 1.95. The Morgan fingerprint density at radius 3 is 2.44 bits per heavy atom. The highest BCUT2D eigenvalue weighted by Crippen LogP contribution is 2.23. The van der Waals surface area contributed by atoms with E-state index in [9.17, 15) is 0 Å². The minimum Gasteiger partial charge on any atom is -0.392 e. The van der Waals surface area contributed by atoms with Gasteiger partial charge in [-0.3, -0.25) is 0 Å². The lowest BCUT2D eigenvalue weighted by Gasteiger charge is -2.10. The second-order valence-corrected chi connectivity index (χ2v) is 4.43. The van der Waals surface area contributed by atoms with Crippen LogP contribution in [0, 0.1) is 20.8 Å². The first-order chi connectivity index (χ1) is 7.61. The molecule has 2 rings (SSSR count). The summed E-state index contributed by atoms with van der Waals surface area (Å²) in [6.07, 6.45) is 0.524. The average Bonchev–Trinajstić information content (AvgIpc) is 2.64. The van der Waals surface area contributed by atoms with Gasteiger partial charge in [0, 0.05) is 12.0 Å². The maximum atomic E-state index is 9.02. The Labute approximate surface area is 95.7 Å². The van der Waals surface area contributed by atoms with E-state index in [1.54, 1.807) is 0 Å². The standard InChI is InChI=1S/C13H17NO2/c1-8-4-9(2)13(10(3)5-8)12-6-11(7-15)16-14-12/h4-5,11,15H,6-7H2,1-3H3. The van der Waals surface area contributed by atoms with E-state index in [1.807, 2.05) is 0 Å². The van der Waals surface area contributed by atoms with Crippen LogP contribution in [-0.4, -0.2) is 23.5 Å². The second-order valence-electron chi connectivity index (χ2n) is 4.43. The molecule has 1 aliphatic heterocycles. The van der Waals surface area contributed by atoms with E-state index in [1.165, 1.54) is 22.3 Å². The van der Waals surface area contributed by atoms with E-state index < -0.39 is 0 Å². The van der Waals surface area contributed by atoms with Gasteiger partial charge in [0.15, 0.2) is 6.10 Å². The molecule has 1 unspecified atom stereocenters. The number of rotatable bonds is 2. The molecule has 0 radical (unpaired) electrons. The van der Waals surface area contributed by atoms with Gasteiger partial charge >= 0.3 is 0 Å². The maximum absolute atomic E-state index is 9.02. The number of oxime groups is 1. The number of nitrogens with zero attached hydrogens (tertiary/aromatic N) is 1. The molecule has 3 heteroatoms. The summed E-state index contributed by atoms with van der Waals surface area (Å²) in [5.41, 5.74) is 5.82. The predicted octanol–water partition coefficient (Wildman–Crippen LogP) is 2.10. The number of aryl methyl sites for hydroxylation is 3. The summed E-state index contributed by atoms with van der Waals surface area (Å²) in [6.45, 7) is 6.29. The van der Waals surface area contributed by atoms with E-state index in [-0.39, 0.29) is 12.7 Å². The van der Waals surface area contributed by atoms with Gasteiger partial charge < -0.3 is 9.94 Å². The van der Waals surface area contributed by atoms with Crippen LogP contribution in [0.1, 0.15) is 28.7 Å². The van der Waals surface area contributed by atoms with E-state index in [0.29, 0.717) is 6.42 Å². The fourth-order valence-electron chi connectivity index (χ4n) is 2.31. The molecule has 0 bridgehead atoms. The molecule has 0 fully saturated rings. The van der Waals surface area contributed by atoms with Gasteiger partial charge in [-0.15, -0.1) is 0 Å². The van der Waals surface area contributed by atoms with E-state index >= 15 is 0 Å². The number of aliphatic hydroxyl groups is 1. The molecule has 1 aromatic carbocycles. The molecule has 1 aliphatic rings. The Bertz CT molecular complexity index is 415. The van der Waals surface area contributed by atoms with Crippen LogP contribution in [0.2, 0.25) is 0 Å². The summed E-state index contributed by atoms with van der Waals surface area (Å²) in [4.78, 5) is 5.15. The third-order valence-corrected chi connectivity index (χ3v) is 2.90. The smallest absolute Gasteiger partial charge is 0.156 e.